The van der Waals surface area contributed by atoms with Crippen molar-refractivity contribution in [3.05, 3.63) is 35.9 Å². The molecule has 2 N–H and O–H groups in total. The van der Waals surface area contributed by atoms with E-state index in [1.807, 2.05) is 6.07 Å². The van der Waals surface area contributed by atoms with Crippen molar-refractivity contribution in [2.75, 3.05) is 7.11 Å². The van der Waals surface area contributed by atoms with Gasteiger partial charge in [-0.1, -0.05) is 18.2 Å². The maximum atomic E-state index is 12.1. The van der Waals surface area contributed by atoms with Gasteiger partial charge in [-0.2, -0.15) is 0 Å². The first-order chi connectivity index (χ1) is 9.11. The minimum Gasteiger partial charge on any atom is -0.388 e. The quantitative estimate of drug-likeness (QED) is 0.853. The number of methoxy groups -OCH3 is 1. The molecule has 1 aliphatic rings. The second kappa shape index (κ2) is 6.14. The number of hydrogen-bond acceptors (Lipinski definition) is 4. The molecule has 0 unspecified atom stereocenters. The molecule has 0 aliphatic carbocycles. The molecule has 1 aromatic rings. The molecule has 2 rings (SSSR count). The van der Waals surface area contributed by atoms with Gasteiger partial charge in [0.15, 0.2) is 6.29 Å². The van der Waals surface area contributed by atoms with Gasteiger partial charge in [0.25, 0.3) is 5.91 Å². The van der Waals surface area contributed by atoms with Gasteiger partial charge < -0.3 is 19.9 Å². The Balaban J connectivity index is 2.02. The zero-order valence-electron chi connectivity index (χ0n) is 11.1. The van der Waals surface area contributed by atoms with E-state index in [2.05, 4.69) is 5.32 Å². The Morgan fingerprint density at radius 2 is 2.11 bits per heavy atom. The molecule has 5 nitrogen and oxygen atoms in total. The second-order valence-electron chi connectivity index (χ2n) is 4.68. The van der Waals surface area contributed by atoms with Gasteiger partial charge in [-0.25, -0.2) is 0 Å². The summed E-state index contributed by atoms with van der Waals surface area (Å²) in [6.45, 7) is 1.76. The Labute approximate surface area is 112 Å². The molecular weight excluding hydrogens is 246 g/mol. The number of aliphatic hydroxyl groups is 1. The van der Waals surface area contributed by atoms with Gasteiger partial charge in [0, 0.05) is 19.1 Å². The van der Waals surface area contributed by atoms with Crippen LogP contribution in [-0.4, -0.2) is 42.7 Å². The number of hydrogen-bond donors (Lipinski definition) is 2. The minimum atomic E-state index is -0.737. The van der Waals surface area contributed by atoms with E-state index < -0.39 is 12.4 Å². The summed E-state index contributed by atoms with van der Waals surface area (Å²) in [7, 11) is 1.55. The lowest BCUT2D eigenvalue weighted by Crippen LogP contribution is -2.55. The molecule has 0 bridgehead atoms. The highest BCUT2D eigenvalue weighted by Gasteiger charge is 2.36. The van der Waals surface area contributed by atoms with Crippen LogP contribution in [-0.2, 0) is 9.47 Å². The zero-order valence-corrected chi connectivity index (χ0v) is 11.1. The van der Waals surface area contributed by atoms with Crippen molar-refractivity contribution in [2.24, 2.45) is 0 Å². The number of carbonyl (C=O) groups is 1. The minimum absolute atomic E-state index is 0.200. The highest BCUT2D eigenvalue weighted by Crippen LogP contribution is 2.21. The summed E-state index contributed by atoms with van der Waals surface area (Å²) in [5.41, 5.74) is 0.572. The molecule has 5 heteroatoms. The Morgan fingerprint density at radius 3 is 2.74 bits per heavy atom. The maximum Gasteiger partial charge on any atom is 0.251 e. The molecule has 0 aromatic heterocycles. The van der Waals surface area contributed by atoms with E-state index in [4.69, 9.17) is 9.47 Å². The molecule has 1 saturated heterocycles. The van der Waals surface area contributed by atoms with E-state index in [0.717, 1.165) is 0 Å². The molecule has 1 heterocycles. The Hall–Kier alpha value is -1.43. The summed E-state index contributed by atoms with van der Waals surface area (Å²) >= 11 is 0. The van der Waals surface area contributed by atoms with E-state index in [0.29, 0.717) is 12.0 Å². The average Bonchev–Trinajstić information content (AvgIpc) is 2.44. The van der Waals surface area contributed by atoms with Crippen LogP contribution in [0.15, 0.2) is 30.3 Å². The predicted octanol–water partition coefficient (Wildman–Crippen LogP) is 0.927. The molecule has 104 valence electrons. The van der Waals surface area contributed by atoms with Crippen LogP contribution in [0, 0.1) is 0 Å². The molecule has 1 aromatic carbocycles. The summed E-state index contributed by atoms with van der Waals surface area (Å²) < 4.78 is 10.6. The van der Waals surface area contributed by atoms with Gasteiger partial charge in [-0.3, -0.25) is 4.79 Å². The van der Waals surface area contributed by atoms with Crippen molar-refractivity contribution in [2.45, 2.75) is 37.9 Å². The highest BCUT2D eigenvalue weighted by atomic mass is 16.7. The predicted molar refractivity (Wildman–Crippen MR) is 69.7 cm³/mol. The third kappa shape index (κ3) is 3.32. The molecule has 0 spiro atoms. The van der Waals surface area contributed by atoms with Crippen LogP contribution >= 0.6 is 0 Å². The van der Waals surface area contributed by atoms with Crippen LogP contribution in [0.3, 0.4) is 0 Å². The van der Waals surface area contributed by atoms with Crippen LogP contribution in [0.1, 0.15) is 23.7 Å². The van der Waals surface area contributed by atoms with E-state index in [9.17, 15) is 9.90 Å². The van der Waals surface area contributed by atoms with Crippen molar-refractivity contribution in [1.82, 2.24) is 5.32 Å². The fourth-order valence-corrected chi connectivity index (χ4v) is 2.19. The third-order valence-electron chi connectivity index (χ3n) is 3.32. The van der Waals surface area contributed by atoms with Crippen molar-refractivity contribution in [1.29, 1.82) is 0 Å². The summed E-state index contributed by atoms with van der Waals surface area (Å²) in [4.78, 5) is 12.1. The zero-order chi connectivity index (χ0) is 13.8. The number of carbonyl (C=O) groups excluding carboxylic acids is 1. The smallest absolute Gasteiger partial charge is 0.251 e. The maximum absolute atomic E-state index is 12.1. The van der Waals surface area contributed by atoms with Gasteiger partial charge in [-0.05, 0) is 19.1 Å². The molecule has 19 heavy (non-hydrogen) atoms. The first-order valence-corrected chi connectivity index (χ1v) is 6.34. The lowest BCUT2D eigenvalue weighted by Gasteiger charge is -2.37. The van der Waals surface area contributed by atoms with Gasteiger partial charge in [0.2, 0.25) is 0 Å². The molecule has 4 atom stereocenters. The summed E-state index contributed by atoms with van der Waals surface area (Å²) in [6.07, 6.45) is -1.08. The third-order valence-corrected chi connectivity index (χ3v) is 3.32. The van der Waals surface area contributed by atoms with Crippen LogP contribution in [0.4, 0.5) is 0 Å². The molecule has 0 radical (unpaired) electrons. The number of ether oxygens (including phenoxy) is 2. The van der Waals surface area contributed by atoms with Crippen LogP contribution in [0.2, 0.25) is 0 Å². The molecule has 1 aliphatic heterocycles. The van der Waals surface area contributed by atoms with Crippen molar-refractivity contribution < 1.29 is 19.4 Å². The summed E-state index contributed by atoms with van der Waals surface area (Å²) in [6, 6.07) is 8.55. The number of nitrogens with one attached hydrogen (secondary N) is 1. The van der Waals surface area contributed by atoms with Gasteiger partial charge in [-0.15, -0.1) is 0 Å². The van der Waals surface area contributed by atoms with Gasteiger partial charge >= 0.3 is 0 Å². The molecular formula is C14H19NO4. The van der Waals surface area contributed by atoms with Crippen LogP contribution in [0.25, 0.3) is 0 Å². The van der Waals surface area contributed by atoms with Gasteiger partial charge in [0.05, 0.1) is 12.1 Å². The second-order valence-corrected chi connectivity index (χ2v) is 4.68. The topological polar surface area (TPSA) is 67.8 Å². The fourth-order valence-electron chi connectivity index (χ4n) is 2.19. The standard InChI is InChI=1S/C14H19NO4/c1-9-13(16)11(8-12(18-2)19-9)15-14(17)10-6-4-3-5-7-10/h3-7,9,11-13,16H,8H2,1-2H3,(H,15,17)/t9-,11-,12-,13+/m1/s1. The van der Waals surface area contributed by atoms with Crippen molar-refractivity contribution >= 4 is 5.91 Å². The highest BCUT2D eigenvalue weighted by molar-refractivity contribution is 5.94. The molecule has 0 saturated carbocycles. The average molecular weight is 265 g/mol. The monoisotopic (exact) mass is 265 g/mol. The van der Waals surface area contributed by atoms with Gasteiger partial charge in [0.1, 0.15) is 6.10 Å². The normalized spacial score (nSPS) is 30.9. The summed E-state index contributed by atoms with van der Waals surface area (Å²) in [5, 5.41) is 12.9. The number of aliphatic hydroxyl groups excluding tert-OH is 1. The van der Waals surface area contributed by atoms with E-state index in [1.54, 1.807) is 38.3 Å². The number of benzene rings is 1. The fraction of sp³-hybridized carbons (Fsp3) is 0.500. The lowest BCUT2D eigenvalue weighted by atomic mass is 9.99. The van der Waals surface area contributed by atoms with E-state index in [-0.39, 0.29) is 18.1 Å². The lowest BCUT2D eigenvalue weighted by molar-refractivity contribution is -0.213. The van der Waals surface area contributed by atoms with Crippen molar-refractivity contribution in [3.63, 3.8) is 0 Å². The Morgan fingerprint density at radius 1 is 1.42 bits per heavy atom. The molecule has 1 amide bonds. The first kappa shape index (κ1) is 14.0. The largest absolute Gasteiger partial charge is 0.388 e. The molecule has 1 fully saturated rings. The first-order valence-electron chi connectivity index (χ1n) is 6.34. The SMILES string of the molecule is CO[C@H]1C[C@@H](NC(=O)c2ccccc2)[C@@H](O)[C@@H](C)O1. The van der Waals surface area contributed by atoms with E-state index in [1.165, 1.54) is 0 Å². The number of amides is 1. The Kier molecular flexibility index (Phi) is 4.52. The summed E-state index contributed by atoms with van der Waals surface area (Å²) in [5.74, 6) is -0.200. The van der Waals surface area contributed by atoms with Crippen LogP contribution < -0.4 is 5.32 Å². The van der Waals surface area contributed by atoms with Crippen molar-refractivity contribution in [3.8, 4) is 0 Å². The number of rotatable bonds is 3. The van der Waals surface area contributed by atoms with E-state index >= 15 is 0 Å². The Bertz CT molecular complexity index is 423. The van der Waals surface area contributed by atoms with Crippen LogP contribution in [0.5, 0.6) is 0 Å².